The first-order valence-electron chi connectivity index (χ1n) is 37.5. The van der Waals surface area contributed by atoms with Gasteiger partial charge in [-0.15, -0.1) is 0 Å². The number of phosphoric ester groups is 2. The Morgan fingerprint density at radius 3 is 0.835 bits per heavy atom. The monoisotopic (exact) mass is 1340 g/mol. The van der Waals surface area contributed by atoms with E-state index in [1.807, 2.05) is 0 Å². The molecule has 0 rings (SSSR count). The Hall–Kier alpha value is -1.94. The van der Waals surface area contributed by atoms with Gasteiger partial charge in [-0.1, -0.05) is 318 Å². The lowest BCUT2D eigenvalue weighted by Gasteiger charge is -2.21. The first kappa shape index (κ1) is 89.1. The fourth-order valence-corrected chi connectivity index (χ4v) is 12.5. The number of phosphoric acid groups is 2. The fourth-order valence-electron chi connectivity index (χ4n) is 10.9. The van der Waals surface area contributed by atoms with Gasteiger partial charge in [-0.3, -0.25) is 37.3 Å². The molecule has 3 unspecified atom stereocenters. The van der Waals surface area contributed by atoms with Crippen LogP contribution in [-0.2, 0) is 65.4 Å². The summed E-state index contributed by atoms with van der Waals surface area (Å²) in [7, 11) is -9.90. The quantitative estimate of drug-likeness (QED) is 0.0222. The molecule has 0 heterocycles. The molecular formula is C72H140O17P2. The van der Waals surface area contributed by atoms with Gasteiger partial charge in [0.05, 0.1) is 26.4 Å². The molecule has 6 atom stereocenters. The van der Waals surface area contributed by atoms with Crippen molar-refractivity contribution in [3.05, 3.63) is 0 Å². The first-order chi connectivity index (χ1) is 43.9. The van der Waals surface area contributed by atoms with E-state index in [0.29, 0.717) is 25.7 Å². The lowest BCUT2D eigenvalue weighted by molar-refractivity contribution is -0.161. The van der Waals surface area contributed by atoms with Crippen molar-refractivity contribution < 1.29 is 80.2 Å². The van der Waals surface area contributed by atoms with E-state index >= 15 is 0 Å². The predicted octanol–water partition coefficient (Wildman–Crippen LogP) is 20.8. The maximum absolute atomic E-state index is 13.0. The highest BCUT2D eigenvalue weighted by Crippen LogP contribution is 2.45. The molecule has 0 spiro atoms. The van der Waals surface area contributed by atoms with Gasteiger partial charge >= 0.3 is 39.5 Å². The second-order valence-corrected chi connectivity index (χ2v) is 29.6. The minimum atomic E-state index is -4.95. The van der Waals surface area contributed by atoms with Crippen molar-refractivity contribution in [1.82, 2.24) is 0 Å². The zero-order chi connectivity index (χ0) is 67.2. The summed E-state index contributed by atoms with van der Waals surface area (Å²) in [6.45, 7) is 9.58. The smallest absolute Gasteiger partial charge is 0.462 e. The van der Waals surface area contributed by atoms with Crippen molar-refractivity contribution >= 4 is 39.5 Å². The molecule has 0 radical (unpaired) electrons. The summed E-state index contributed by atoms with van der Waals surface area (Å²) >= 11 is 0. The fraction of sp³-hybridized carbons (Fsp3) is 0.944. The Labute approximate surface area is 556 Å². The van der Waals surface area contributed by atoms with Crippen molar-refractivity contribution in [3.8, 4) is 0 Å². The minimum absolute atomic E-state index is 0.107. The minimum Gasteiger partial charge on any atom is -0.462 e. The summed E-state index contributed by atoms with van der Waals surface area (Å²) in [5.41, 5.74) is 0. The molecule has 0 aliphatic heterocycles. The van der Waals surface area contributed by atoms with Crippen LogP contribution in [0.15, 0.2) is 0 Å². The number of ether oxygens (including phenoxy) is 4. The van der Waals surface area contributed by atoms with E-state index in [1.54, 1.807) is 0 Å². The van der Waals surface area contributed by atoms with Crippen LogP contribution in [0.3, 0.4) is 0 Å². The maximum atomic E-state index is 13.0. The predicted molar refractivity (Wildman–Crippen MR) is 368 cm³/mol. The normalized spacial score (nSPS) is 14.4. The molecule has 17 nitrogen and oxygen atoms in total. The molecule has 0 aromatic heterocycles. The van der Waals surface area contributed by atoms with Crippen molar-refractivity contribution in [2.45, 2.75) is 387 Å². The van der Waals surface area contributed by atoms with Crippen LogP contribution >= 0.6 is 15.6 Å². The lowest BCUT2D eigenvalue weighted by atomic mass is 9.99. The van der Waals surface area contributed by atoms with E-state index in [-0.39, 0.29) is 25.7 Å². The molecule has 0 amide bonds. The molecule has 540 valence electrons. The summed E-state index contributed by atoms with van der Waals surface area (Å²) in [6, 6.07) is 0. The SMILES string of the molecule is CCCCCCCCCCCCCCC(=O)O[C@H](COC(=O)CCCCCCCCC)COP(=O)(O)OC[C@H](O)COP(=O)(O)OC[C@@H](COC(=O)CCCCCCCCCCCCC(C)CC)OC(=O)CCCCCCCCCCCCCCCCCC(C)C. The van der Waals surface area contributed by atoms with E-state index in [4.69, 9.17) is 37.0 Å². The molecule has 0 aromatic rings. The topological polar surface area (TPSA) is 237 Å². The molecule has 0 aromatic carbocycles. The van der Waals surface area contributed by atoms with Crippen molar-refractivity contribution in [2.24, 2.45) is 11.8 Å². The average molecular weight is 1340 g/mol. The molecule has 3 N–H and O–H groups in total. The molecule has 0 fully saturated rings. The number of carbonyl (C=O) groups is 4. The van der Waals surface area contributed by atoms with E-state index in [9.17, 15) is 43.2 Å². The highest BCUT2D eigenvalue weighted by atomic mass is 31.2. The number of rotatable bonds is 71. The number of hydrogen-bond donors (Lipinski definition) is 3. The van der Waals surface area contributed by atoms with Gasteiger partial charge in [0, 0.05) is 25.7 Å². The van der Waals surface area contributed by atoms with Crippen LogP contribution in [0, 0.1) is 11.8 Å². The maximum Gasteiger partial charge on any atom is 0.472 e. The summed E-state index contributed by atoms with van der Waals surface area (Å²) in [6.07, 6.45) is 49.9. The second-order valence-electron chi connectivity index (χ2n) is 26.7. The summed E-state index contributed by atoms with van der Waals surface area (Å²) in [5.74, 6) is -0.512. The zero-order valence-corrected chi connectivity index (χ0v) is 60.9. The molecule has 19 heteroatoms. The van der Waals surface area contributed by atoms with Crippen LogP contribution in [0.5, 0.6) is 0 Å². The van der Waals surface area contributed by atoms with Gasteiger partial charge in [0.2, 0.25) is 0 Å². The Kier molecular flexibility index (Phi) is 62.7. The Bertz CT molecular complexity index is 1770. The van der Waals surface area contributed by atoms with Gasteiger partial charge in [-0.25, -0.2) is 9.13 Å². The van der Waals surface area contributed by atoms with Gasteiger partial charge in [0.1, 0.15) is 19.3 Å². The molecule has 0 saturated heterocycles. The number of carbonyl (C=O) groups excluding carboxylic acids is 4. The number of esters is 4. The van der Waals surface area contributed by atoms with Crippen LogP contribution in [0.4, 0.5) is 0 Å². The van der Waals surface area contributed by atoms with Crippen LogP contribution in [0.25, 0.3) is 0 Å². The number of hydrogen-bond acceptors (Lipinski definition) is 15. The van der Waals surface area contributed by atoms with Crippen LogP contribution in [0.2, 0.25) is 0 Å². The summed E-state index contributed by atoms with van der Waals surface area (Å²) in [5, 5.41) is 10.6. The summed E-state index contributed by atoms with van der Waals surface area (Å²) in [4.78, 5) is 72.5. The van der Waals surface area contributed by atoms with Crippen molar-refractivity contribution in [3.63, 3.8) is 0 Å². The van der Waals surface area contributed by atoms with Gasteiger partial charge < -0.3 is 33.8 Å². The number of unbranched alkanes of at least 4 members (excludes halogenated alkanes) is 40. The molecule has 0 aliphatic rings. The second kappa shape index (κ2) is 64.1. The van der Waals surface area contributed by atoms with E-state index in [1.165, 1.54) is 173 Å². The molecule has 0 aliphatic carbocycles. The standard InChI is InChI=1S/C72H140O17P2/c1-7-10-12-14-16-17-18-25-32-38-44-50-56-71(76)88-67(60-82-69(74)54-48-42-34-15-13-11-8-2)62-86-90(78,79)84-58-66(73)59-85-91(80,81)87-63-68(61-83-70(75)55-49-43-37-31-28-27-30-36-41-47-53-65(6)9-3)89-72(77)57-51-45-39-33-26-23-21-19-20-22-24-29-35-40-46-52-64(4)5/h64-68,73H,7-63H2,1-6H3,(H,78,79)(H,80,81)/t65?,66-,67+,68+/m0/s1. The lowest BCUT2D eigenvalue weighted by Crippen LogP contribution is -2.30. The third-order valence-electron chi connectivity index (χ3n) is 17.1. The Morgan fingerprint density at radius 1 is 0.319 bits per heavy atom. The highest BCUT2D eigenvalue weighted by Gasteiger charge is 2.30. The third kappa shape index (κ3) is 65.1. The van der Waals surface area contributed by atoms with Crippen molar-refractivity contribution in [2.75, 3.05) is 39.6 Å². The molecule has 0 bridgehead atoms. The molecule has 0 saturated carbocycles. The van der Waals surface area contributed by atoms with E-state index < -0.39 is 97.5 Å². The third-order valence-corrected chi connectivity index (χ3v) is 19.0. The average Bonchev–Trinajstić information content (AvgIpc) is 2.48. The zero-order valence-electron chi connectivity index (χ0n) is 59.1. The highest BCUT2D eigenvalue weighted by molar-refractivity contribution is 7.47. The van der Waals surface area contributed by atoms with Gasteiger partial charge in [-0.05, 0) is 37.5 Å². The number of aliphatic hydroxyl groups excluding tert-OH is 1. The Balaban J connectivity index is 5.20. The van der Waals surface area contributed by atoms with Crippen LogP contribution < -0.4 is 0 Å². The van der Waals surface area contributed by atoms with Gasteiger partial charge in [0.25, 0.3) is 0 Å². The molecule has 91 heavy (non-hydrogen) atoms. The molecular weight excluding hydrogens is 1200 g/mol. The van der Waals surface area contributed by atoms with E-state index in [2.05, 4.69) is 41.5 Å². The summed E-state index contributed by atoms with van der Waals surface area (Å²) < 4.78 is 68.3. The largest absolute Gasteiger partial charge is 0.472 e. The van der Waals surface area contributed by atoms with Crippen LogP contribution in [-0.4, -0.2) is 96.7 Å². The van der Waals surface area contributed by atoms with E-state index in [0.717, 1.165) is 115 Å². The number of aliphatic hydroxyl groups is 1. The van der Waals surface area contributed by atoms with Gasteiger partial charge in [0.15, 0.2) is 12.2 Å². The van der Waals surface area contributed by atoms with Crippen LogP contribution in [0.1, 0.15) is 369 Å². The van der Waals surface area contributed by atoms with Crippen molar-refractivity contribution in [1.29, 1.82) is 0 Å². The Morgan fingerprint density at radius 2 is 0.560 bits per heavy atom. The first-order valence-corrected chi connectivity index (χ1v) is 40.5. The van der Waals surface area contributed by atoms with Gasteiger partial charge in [-0.2, -0.15) is 0 Å².